The highest BCUT2D eigenvalue weighted by Gasteiger charge is 2.16. The molecule has 0 saturated heterocycles. The summed E-state index contributed by atoms with van der Waals surface area (Å²) in [4.78, 5) is 4.51. The van der Waals surface area contributed by atoms with E-state index in [9.17, 15) is 0 Å². The van der Waals surface area contributed by atoms with E-state index in [1.165, 1.54) is 0 Å². The highest BCUT2D eigenvalue weighted by molar-refractivity contribution is 6.30. The molecule has 0 bridgehead atoms. The van der Waals surface area contributed by atoms with Crippen LogP contribution >= 0.6 is 11.6 Å². The largest absolute Gasteiger partial charge is 0.496 e. The molecule has 0 amide bonds. The summed E-state index contributed by atoms with van der Waals surface area (Å²) in [7, 11) is 3.48. The third kappa shape index (κ3) is 2.95. The quantitative estimate of drug-likeness (QED) is 0.533. The van der Waals surface area contributed by atoms with E-state index in [2.05, 4.69) is 15.2 Å². The second kappa shape index (κ2) is 6.65. The molecular weight excluding hydrogens is 352 g/mol. The van der Waals surface area contributed by atoms with Gasteiger partial charge in [0.25, 0.3) is 5.89 Å². The Labute approximate surface area is 155 Å². The maximum absolute atomic E-state index is 6.01. The minimum Gasteiger partial charge on any atom is -0.496 e. The molecule has 0 unspecified atom stereocenters. The van der Waals surface area contributed by atoms with E-state index in [1.54, 1.807) is 31.5 Å². The molecule has 4 rings (SSSR count). The van der Waals surface area contributed by atoms with Crippen LogP contribution in [0, 0.1) is 0 Å². The molecule has 0 fully saturated rings. The molecule has 2 aromatic carbocycles. The first-order chi connectivity index (χ1) is 12.7. The van der Waals surface area contributed by atoms with Crippen LogP contribution in [0.3, 0.4) is 0 Å². The zero-order valence-electron chi connectivity index (χ0n) is 14.2. The molecule has 7 heteroatoms. The Hall–Kier alpha value is -3.12. The second-order valence-electron chi connectivity index (χ2n) is 5.69. The molecule has 2 aromatic heterocycles. The molecule has 0 radical (unpaired) electrons. The normalized spacial score (nSPS) is 10.9. The third-order valence-corrected chi connectivity index (χ3v) is 4.29. The van der Waals surface area contributed by atoms with Gasteiger partial charge in [0.15, 0.2) is 0 Å². The van der Waals surface area contributed by atoms with Crippen molar-refractivity contribution in [1.29, 1.82) is 0 Å². The smallest absolute Gasteiger partial charge is 0.262 e. The minimum absolute atomic E-state index is 0.374. The van der Waals surface area contributed by atoms with Gasteiger partial charge in [0.1, 0.15) is 5.75 Å². The van der Waals surface area contributed by atoms with Gasteiger partial charge < -0.3 is 9.26 Å². The fourth-order valence-corrected chi connectivity index (χ4v) is 2.93. The van der Waals surface area contributed by atoms with E-state index >= 15 is 0 Å². The van der Waals surface area contributed by atoms with E-state index in [-0.39, 0.29) is 0 Å². The molecule has 0 aliphatic heterocycles. The van der Waals surface area contributed by atoms with Crippen LogP contribution in [0.15, 0.2) is 59.3 Å². The Kier molecular flexibility index (Phi) is 4.18. The molecular formula is C19H15ClN4O2. The summed E-state index contributed by atoms with van der Waals surface area (Å²) in [6.07, 6.45) is 1.77. The zero-order valence-corrected chi connectivity index (χ0v) is 14.9. The lowest BCUT2D eigenvalue weighted by molar-refractivity contribution is 0.405. The van der Waals surface area contributed by atoms with Crippen LogP contribution in [0.25, 0.3) is 34.1 Å². The minimum atomic E-state index is 0.374. The summed E-state index contributed by atoms with van der Waals surface area (Å²) in [5.41, 5.74) is 3.58. The van der Waals surface area contributed by atoms with Crippen molar-refractivity contribution in [3.63, 3.8) is 0 Å². The lowest BCUT2D eigenvalue weighted by Gasteiger charge is -2.04. The van der Waals surface area contributed by atoms with Crippen molar-refractivity contribution in [2.75, 3.05) is 7.11 Å². The van der Waals surface area contributed by atoms with E-state index < -0.39 is 0 Å². The van der Waals surface area contributed by atoms with Gasteiger partial charge in [-0.1, -0.05) is 35.0 Å². The number of aromatic nitrogens is 4. The van der Waals surface area contributed by atoms with Crippen molar-refractivity contribution in [2.24, 2.45) is 7.05 Å². The maximum Gasteiger partial charge on any atom is 0.262 e. The number of methoxy groups -OCH3 is 1. The maximum atomic E-state index is 6.01. The van der Waals surface area contributed by atoms with E-state index in [0.717, 1.165) is 16.8 Å². The summed E-state index contributed by atoms with van der Waals surface area (Å²) in [5.74, 6) is 1.46. The van der Waals surface area contributed by atoms with Crippen molar-refractivity contribution in [2.45, 2.75) is 0 Å². The fourth-order valence-electron chi connectivity index (χ4n) is 2.77. The Morgan fingerprint density at radius 2 is 1.92 bits per heavy atom. The van der Waals surface area contributed by atoms with E-state index in [4.69, 9.17) is 20.9 Å². The van der Waals surface area contributed by atoms with Crippen LogP contribution in [0.1, 0.15) is 0 Å². The predicted octanol–water partition coefficient (Wildman–Crippen LogP) is 4.47. The third-order valence-electron chi connectivity index (χ3n) is 4.06. The summed E-state index contributed by atoms with van der Waals surface area (Å²) in [6, 6.07) is 15.1. The Morgan fingerprint density at radius 3 is 2.69 bits per heavy atom. The molecule has 130 valence electrons. The SMILES string of the molecule is COc1cc(Cl)ccc1-c1nc(-c2cccc(-c3ccnn3C)c2)no1. The van der Waals surface area contributed by atoms with Gasteiger partial charge in [-0.2, -0.15) is 10.1 Å². The summed E-state index contributed by atoms with van der Waals surface area (Å²) in [6.45, 7) is 0. The number of hydrogen-bond donors (Lipinski definition) is 0. The molecule has 0 spiro atoms. The average Bonchev–Trinajstić information content (AvgIpc) is 3.31. The van der Waals surface area contributed by atoms with E-state index in [0.29, 0.717) is 28.1 Å². The van der Waals surface area contributed by atoms with Crippen LogP contribution < -0.4 is 4.74 Å². The van der Waals surface area contributed by atoms with Gasteiger partial charge in [0.2, 0.25) is 5.82 Å². The van der Waals surface area contributed by atoms with E-state index in [1.807, 2.05) is 42.1 Å². The van der Waals surface area contributed by atoms with Crippen LogP contribution in [0.2, 0.25) is 5.02 Å². The molecule has 0 N–H and O–H groups in total. The number of benzene rings is 2. The molecule has 0 atom stereocenters. The number of rotatable bonds is 4. The van der Waals surface area contributed by atoms with Gasteiger partial charge in [-0.25, -0.2) is 0 Å². The van der Waals surface area contributed by atoms with Crippen LogP contribution in [0.5, 0.6) is 5.75 Å². The summed E-state index contributed by atoms with van der Waals surface area (Å²) < 4.78 is 12.6. The predicted molar refractivity (Wildman–Crippen MR) is 98.9 cm³/mol. The van der Waals surface area contributed by atoms with Gasteiger partial charge in [0.05, 0.1) is 18.4 Å². The van der Waals surface area contributed by atoms with Crippen LogP contribution in [-0.2, 0) is 7.05 Å². The summed E-state index contributed by atoms with van der Waals surface area (Å²) in [5, 5.41) is 8.89. The molecule has 26 heavy (non-hydrogen) atoms. The lowest BCUT2D eigenvalue weighted by atomic mass is 10.1. The van der Waals surface area contributed by atoms with Crippen molar-refractivity contribution in [1.82, 2.24) is 19.9 Å². The van der Waals surface area contributed by atoms with Crippen molar-refractivity contribution in [3.05, 3.63) is 59.8 Å². The Balaban J connectivity index is 1.72. The van der Waals surface area contributed by atoms with Gasteiger partial charge in [0, 0.05) is 29.4 Å². The van der Waals surface area contributed by atoms with Crippen molar-refractivity contribution in [3.8, 4) is 39.8 Å². The van der Waals surface area contributed by atoms with Gasteiger partial charge in [-0.3, -0.25) is 4.68 Å². The molecule has 0 aliphatic rings. The topological polar surface area (TPSA) is 66.0 Å². The molecule has 2 heterocycles. The van der Waals surface area contributed by atoms with Gasteiger partial charge in [-0.05, 0) is 30.3 Å². The number of hydrogen-bond acceptors (Lipinski definition) is 5. The molecule has 6 nitrogen and oxygen atoms in total. The molecule has 4 aromatic rings. The monoisotopic (exact) mass is 366 g/mol. The lowest BCUT2D eigenvalue weighted by Crippen LogP contribution is -1.93. The fraction of sp³-hybridized carbons (Fsp3) is 0.105. The molecule has 0 aliphatic carbocycles. The highest BCUT2D eigenvalue weighted by atomic mass is 35.5. The van der Waals surface area contributed by atoms with Crippen molar-refractivity contribution >= 4 is 11.6 Å². The standard InChI is InChI=1S/C19H15ClN4O2/c1-24-16(8-9-21-24)12-4-3-5-13(10-12)18-22-19(26-23-18)15-7-6-14(20)11-17(15)25-2/h3-11H,1-2H3. The number of aryl methyl sites for hydroxylation is 1. The average molecular weight is 367 g/mol. The first kappa shape index (κ1) is 16.4. The zero-order chi connectivity index (χ0) is 18.1. The number of halogens is 1. The number of ether oxygens (including phenoxy) is 1. The Morgan fingerprint density at radius 1 is 1.08 bits per heavy atom. The summed E-state index contributed by atoms with van der Waals surface area (Å²) >= 11 is 6.01. The van der Waals surface area contributed by atoms with Crippen LogP contribution in [0.4, 0.5) is 0 Å². The Bertz CT molecular complexity index is 1070. The first-order valence-corrected chi connectivity index (χ1v) is 8.30. The van der Waals surface area contributed by atoms with Crippen LogP contribution in [-0.4, -0.2) is 27.0 Å². The van der Waals surface area contributed by atoms with Gasteiger partial charge in [-0.15, -0.1) is 0 Å². The number of nitrogens with zero attached hydrogens (tertiary/aromatic N) is 4. The van der Waals surface area contributed by atoms with Gasteiger partial charge >= 0.3 is 0 Å². The van der Waals surface area contributed by atoms with Crippen molar-refractivity contribution < 1.29 is 9.26 Å². The molecule has 0 saturated carbocycles. The second-order valence-corrected chi connectivity index (χ2v) is 6.13. The first-order valence-electron chi connectivity index (χ1n) is 7.92. The highest BCUT2D eigenvalue weighted by Crippen LogP contribution is 2.33.